The number of benzene rings is 1. The van der Waals surface area contributed by atoms with Crippen LogP contribution in [0.25, 0.3) is 0 Å². The van der Waals surface area contributed by atoms with Crippen molar-refractivity contribution in [2.75, 3.05) is 0 Å². The van der Waals surface area contributed by atoms with Gasteiger partial charge in [0.25, 0.3) is 9.48 Å². The molecule has 2 rings (SSSR count). The minimum Gasteiger partial charge on any atom is -0.453 e. The molecule has 0 aromatic heterocycles. The van der Waals surface area contributed by atoms with E-state index in [0.29, 0.717) is 6.07 Å². The Morgan fingerprint density at radius 2 is 1.54 bits per heavy atom. The monoisotopic (exact) mass is 458 g/mol. The molecule has 132 valence electrons. The maximum Gasteiger partial charge on any atom is 0.318 e. The molecule has 0 fully saturated rings. The smallest absolute Gasteiger partial charge is 0.318 e. The number of nitro groups is 2. The molecule has 1 heterocycles. The highest BCUT2D eigenvalue weighted by molar-refractivity contribution is 6.68. The Morgan fingerprint density at radius 3 is 1.96 bits per heavy atom. The highest BCUT2D eigenvalue weighted by atomic mass is 35.6. The summed E-state index contributed by atoms with van der Waals surface area (Å²) in [5.74, 6) is -0.454. The summed E-state index contributed by atoms with van der Waals surface area (Å²) in [4.78, 5) is 20.4. The van der Waals surface area contributed by atoms with Gasteiger partial charge in [0.05, 0.1) is 15.9 Å². The predicted molar refractivity (Wildman–Crippen MR) is 88.6 cm³/mol. The van der Waals surface area contributed by atoms with Gasteiger partial charge in [0.2, 0.25) is 15.8 Å². The Kier molecular flexibility index (Phi) is 5.52. The van der Waals surface area contributed by atoms with Crippen molar-refractivity contribution < 1.29 is 19.3 Å². The predicted octanol–water partition coefficient (Wildman–Crippen LogP) is 5.02. The first kappa shape index (κ1) is 19.8. The average Bonchev–Trinajstić information content (AvgIpc) is 2.42. The SMILES string of the molecule is O=[N+]([O-])c1cc2c(c([N+](=O)[O-])c1)OC(C(Cl)(Cl)Cl)OC2C(Cl)(Cl)Cl. The minimum absolute atomic E-state index is 0.235. The van der Waals surface area contributed by atoms with Gasteiger partial charge in [-0.05, 0) is 0 Å². The molecule has 1 aromatic rings. The van der Waals surface area contributed by atoms with Crippen LogP contribution in [0, 0.1) is 20.2 Å². The molecule has 24 heavy (non-hydrogen) atoms. The molecule has 0 bridgehead atoms. The second-order valence-electron chi connectivity index (χ2n) is 4.45. The van der Waals surface area contributed by atoms with E-state index in [-0.39, 0.29) is 5.56 Å². The van der Waals surface area contributed by atoms with Crippen LogP contribution in [-0.2, 0) is 4.74 Å². The normalized spacial score (nSPS) is 20.9. The Balaban J connectivity index is 2.73. The van der Waals surface area contributed by atoms with E-state index >= 15 is 0 Å². The van der Waals surface area contributed by atoms with Crippen molar-refractivity contribution in [2.45, 2.75) is 20.0 Å². The summed E-state index contributed by atoms with van der Waals surface area (Å²) in [5, 5.41) is 22.2. The Bertz CT molecular complexity index is 702. The van der Waals surface area contributed by atoms with Gasteiger partial charge in [-0.1, -0.05) is 69.6 Å². The van der Waals surface area contributed by atoms with E-state index in [2.05, 4.69) is 0 Å². The van der Waals surface area contributed by atoms with Crippen molar-refractivity contribution in [1.29, 1.82) is 0 Å². The fourth-order valence-corrected chi connectivity index (χ4v) is 2.71. The molecule has 0 saturated heterocycles. The molecule has 14 heteroatoms. The van der Waals surface area contributed by atoms with Crippen LogP contribution in [-0.4, -0.2) is 23.7 Å². The molecule has 8 nitrogen and oxygen atoms in total. The molecule has 0 spiro atoms. The molecule has 1 aliphatic heterocycles. The van der Waals surface area contributed by atoms with Gasteiger partial charge >= 0.3 is 5.69 Å². The zero-order valence-corrected chi connectivity index (χ0v) is 15.5. The van der Waals surface area contributed by atoms with Crippen LogP contribution in [0.4, 0.5) is 11.4 Å². The van der Waals surface area contributed by atoms with E-state index in [1.165, 1.54) is 0 Å². The zero-order chi connectivity index (χ0) is 18.4. The van der Waals surface area contributed by atoms with Crippen LogP contribution in [0.5, 0.6) is 5.75 Å². The molecule has 2 atom stereocenters. The number of alkyl halides is 6. The average molecular weight is 461 g/mol. The third kappa shape index (κ3) is 4.01. The summed E-state index contributed by atoms with van der Waals surface area (Å²) >= 11 is 34.4. The van der Waals surface area contributed by atoms with Gasteiger partial charge in [0.1, 0.15) is 6.10 Å². The van der Waals surface area contributed by atoms with Gasteiger partial charge in [-0.15, -0.1) is 0 Å². The first-order chi connectivity index (χ1) is 10.8. The van der Waals surface area contributed by atoms with Crippen molar-refractivity contribution >= 4 is 81.0 Å². The summed E-state index contributed by atoms with van der Waals surface area (Å²) < 4.78 is 6.08. The van der Waals surface area contributed by atoms with E-state index < -0.39 is 46.9 Å². The number of hydrogen-bond donors (Lipinski definition) is 0. The first-order valence-electron chi connectivity index (χ1n) is 5.74. The lowest BCUT2D eigenvalue weighted by Crippen LogP contribution is -2.42. The Hall–Kier alpha value is -0.480. The van der Waals surface area contributed by atoms with Crippen LogP contribution >= 0.6 is 69.6 Å². The van der Waals surface area contributed by atoms with E-state index in [9.17, 15) is 20.2 Å². The number of ether oxygens (including phenoxy) is 2. The minimum atomic E-state index is -2.18. The summed E-state index contributed by atoms with van der Waals surface area (Å²) in [6.07, 6.45) is -3.18. The van der Waals surface area contributed by atoms with Crippen LogP contribution in [0.1, 0.15) is 11.7 Å². The number of hydrogen-bond acceptors (Lipinski definition) is 6. The maximum absolute atomic E-state index is 11.2. The van der Waals surface area contributed by atoms with E-state index in [1.54, 1.807) is 0 Å². The molecule has 2 unspecified atom stereocenters. The summed E-state index contributed by atoms with van der Waals surface area (Å²) in [6, 6.07) is 1.60. The zero-order valence-electron chi connectivity index (χ0n) is 10.9. The molecule has 1 aliphatic rings. The standard InChI is InChI=1S/C10H4Cl6N2O6/c11-9(12,13)7-4-1-3(17(19)20)2-5(18(21)22)6(4)23-8(24-7)10(14,15)16/h1-2,7-8H. The second-order valence-corrected chi connectivity index (χ2v) is 9.18. The number of fused-ring (bicyclic) bond motifs is 1. The lowest BCUT2D eigenvalue weighted by atomic mass is 10.1. The summed E-state index contributed by atoms with van der Waals surface area (Å²) in [7, 11) is 0. The third-order valence-electron chi connectivity index (χ3n) is 2.82. The highest BCUT2D eigenvalue weighted by Gasteiger charge is 2.50. The van der Waals surface area contributed by atoms with Crippen molar-refractivity contribution in [1.82, 2.24) is 0 Å². The van der Waals surface area contributed by atoms with Crippen molar-refractivity contribution in [3.63, 3.8) is 0 Å². The molecule has 0 amide bonds. The van der Waals surface area contributed by atoms with Crippen LogP contribution in [0.15, 0.2) is 12.1 Å². The topological polar surface area (TPSA) is 105 Å². The van der Waals surface area contributed by atoms with Gasteiger partial charge in [-0.3, -0.25) is 20.2 Å². The molecule has 0 radical (unpaired) electrons. The molecule has 0 saturated carbocycles. The lowest BCUT2D eigenvalue weighted by molar-refractivity contribution is -0.395. The number of halogens is 6. The Labute approximate surface area is 163 Å². The highest BCUT2D eigenvalue weighted by Crippen LogP contribution is 2.54. The number of rotatable bonds is 2. The molecular weight excluding hydrogens is 457 g/mol. The fourth-order valence-electron chi connectivity index (χ4n) is 1.91. The van der Waals surface area contributed by atoms with Gasteiger partial charge in [-0.2, -0.15) is 0 Å². The first-order valence-corrected chi connectivity index (χ1v) is 8.01. The van der Waals surface area contributed by atoms with Gasteiger partial charge in [0, 0.05) is 11.6 Å². The van der Waals surface area contributed by atoms with E-state index in [4.69, 9.17) is 79.1 Å². The molecular formula is C10H4Cl6N2O6. The number of nitro benzene ring substituents is 2. The quantitative estimate of drug-likeness (QED) is 0.348. The largest absolute Gasteiger partial charge is 0.453 e. The summed E-state index contributed by atoms with van der Waals surface area (Å²) in [6.45, 7) is 0. The maximum atomic E-state index is 11.2. The van der Waals surface area contributed by atoms with Gasteiger partial charge in [-0.25, -0.2) is 0 Å². The van der Waals surface area contributed by atoms with Crippen molar-refractivity contribution in [3.8, 4) is 5.75 Å². The molecule has 1 aromatic carbocycles. The van der Waals surface area contributed by atoms with E-state index in [1.807, 2.05) is 0 Å². The summed E-state index contributed by atoms with van der Waals surface area (Å²) in [5.41, 5.74) is -1.62. The molecule has 0 N–H and O–H groups in total. The van der Waals surface area contributed by atoms with Crippen molar-refractivity contribution in [3.05, 3.63) is 37.9 Å². The van der Waals surface area contributed by atoms with Crippen LogP contribution in [0.3, 0.4) is 0 Å². The lowest BCUT2D eigenvalue weighted by Gasteiger charge is -2.37. The fraction of sp³-hybridized carbons (Fsp3) is 0.400. The number of non-ortho nitro benzene ring substituents is 1. The second kappa shape index (κ2) is 6.68. The van der Waals surface area contributed by atoms with Crippen LogP contribution in [0.2, 0.25) is 0 Å². The Morgan fingerprint density at radius 1 is 0.958 bits per heavy atom. The van der Waals surface area contributed by atoms with Crippen LogP contribution < -0.4 is 4.74 Å². The number of nitrogens with zero attached hydrogens (tertiary/aromatic N) is 2. The van der Waals surface area contributed by atoms with Crippen molar-refractivity contribution in [2.24, 2.45) is 0 Å². The van der Waals surface area contributed by atoms with Gasteiger partial charge in [0.15, 0.2) is 0 Å². The van der Waals surface area contributed by atoms with Gasteiger partial charge < -0.3 is 9.47 Å². The third-order valence-corrected chi connectivity index (χ3v) is 3.95. The van der Waals surface area contributed by atoms with E-state index in [0.717, 1.165) is 6.07 Å². The molecule has 0 aliphatic carbocycles.